The molecule has 17 heavy (non-hydrogen) atoms. The highest BCUT2D eigenvalue weighted by Gasteiger charge is 2.60. The molecule has 1 nitrogen and oxygen atoms in total. The van der Waals surface area contributed by atoms with Gasteiger partial charge < -0.3 is 0 Å². The van der Waals surface area contributed by atoms with Gasteiger partial charge in [0.25, 0.3) is 0 Å². The second-order valence-electron chi connectivity index (χ2n) is 3.36. The van der Waals surface area contributed by atoms with Crippen LogP contribution in [-0.2, 0) is 23.1 Å². The van der Waals surface area contributed by atoms with E-state index in [1.807, 2.05) is 0 Å². The summed E-state index contributed by atoms with van der Waals surface area (Å²) in [5.41, 5.74) is -5.10. The zero-order valence-electron chi connectivity index (χ0n) is 7.79. The Morgan fingerprint density at radius 1 is 0.941 bits per heavy atom. The average molecular weight is 260 g/mol. The molecule has 1 aromatic carbocycles. The molecule has 0 saturated carbocycles. The predicted molar refractivity (Wildman–Crippen MR) is 40.3 cm³/mol. The molecule has 8 heteroatoms. The van der Waals surface area contributed by atoms with Gasteiger partial charge in [0, 0.05) is 0 Å². The molecule has 0 spiro atoms. The van der Waals surface area contributed by atoms with E-state index in [0.29, 0.717) is 18.2 Å². The molecule has 0 aromatic heterocycles. The Labute approximate surface area is 89.8 Å². The van der Waals surface area contributed by atoms with Crippen molar-refractivity contribution < 1.29 is 35.5 Å². The minimum atomic E-state index is -5.15. The molecule has 1 heterocycles. The van der Waals surface area contributed by atoms with E-state index < -0.39 is 35.1 Å². The van der Waals surface area contributed by atoms with Gasteiger partial charge in [0.15, 0.2) is 0 Å². The fraction of sp³-hybridized carbons (Fsp3) is 0.333. The summed E-state index contributed by atoms with van der Waals surface area (Å²) in [7, 11) is 0. The van der Waals surface area contributed by atoms with E-state index in [2.05, 4.69) is 4.74 Å². The van der Waals surface area contributed by atoms with Gasteiger partial charge in [-0.3, -0.25) is 0 Å². The Kier molecular flexibility index (Phi) is 2.23. The Balaban J connectivity index is 2.75. The standard InChI is InChI=1S/C9H3F7O/c10-7(11,12)4-2-1-3-5-6(4)9(15,16)17-8(5,13)14/h1-3H. The van der Waals surface area contributed by atoms with Crippen LogP contribution in [0.15, 0.2) is 18.2 Å². The third-order valence-corrected chi connectivity index (χ3v) is 2.23. The minimum absolute atomic E-state index is 0.303. The molecule has 0 unspecified atom stereocenters. The summed E-state index contributed by atoms with van der Waals surface area (Å²) in [5, 5.41) is 0. The summed E-state index contributed by atoms with van der Waals surface area (Å²) in [4.78, 5) is 0. The summed E-state index contributed by atoms with van der Waals surface area (Å²) in [6.45, 7) is 0. The van der Waals surface area contributed by atoms with Crippen molar-refractivity contribution in [3.63, 3.8) is 0 Å². The maximum atomic E-state index is 13.0. The number of alkyl halides is 7. The molecule has 0 radical (unpaired) electrons. The Morgan fingerprint density at radius 3 is 2.06 bits per heavy atom. The zero-order valence-corrected chi connectivity index (χ0v) is 7.79. The van der Waals surface area contributed by atoms with Crippen molar-refractivity contribution in [2.45, 2.75) is 18.4 Å². The summed E-state index contributed by atoms with van der Waals surface area (Å²) in [6.07, 6.45) is -14.2. The molecule has 0 aliphatic carbocycles. The number of benzene rings is 1. The van der Waals surface area contributed by atoms with Gasteiger partial charge in [-0.25, -0.2) is 4.74 Å². The molecule has 1 aliphatic heterocycles. The van der Waals surface area contributed by atoms with Crippen molar-refractivity contribution in [1.82, 2.24) is 0 Å². The van der Waals surface area contributed by atoms with E-state index in [1.165, 1.54) is 0 Å². The SMILES string of the molecule is FC(F)(F)c1cccc2c1C(F)(F)OC2(F)F. The molecule has 2 rings (SSSR count). The fourth-order valence-electron chi connectivity index (χ4n) is 1.61. The molecule has 1 aromatic rings. The van der Waals surface area contributed by atoms with Crippen LogP contribution in [0.25, 0.3) is 0 Å². The van der Waals surface area contributed by atoms with Gasteiger partial charge >= 0.3 is 18.4 Å². The first-order valence-electron chi connectivity index (χ1n) is 4.23. The van der Waals surface area contributed by atoms with Gasteiger partial charge in [0.05, 0.1) is 16.7 Å². The largest absolute Gasteiger partial charge is 0.417 e. The van der Waals surface area contributed by atoms with Crippen molar-refractivity contribution in [2.24, 2.45) is 0 Å². The molecule has 94 valence electrons. The number of halogens is 7. The van der Waals surface area contributed by atoms with Crippen LogP contribution >= 0.6 is 0 Å². The van der Waals surface area contributed by atoms with Crippen LogP contribution in [0, 0.1) is 0 Å². The number of rotatable bonds is 0. The van der Waals surface area contributed by atoms with E-state index in [0.717, 1.165) is 0 Å². The predicted octanol–water partition coefficient (Wildman–Crippen LogP) is 3.83. The van der Waals surface area contributed by atoms with Crippen LogP contribution in [0.3, 0.4) is 0 Å². The Hall–Kier alpha value is -1.31. The van der Waals surface area contributed by atoms with Gasteiger partial charge in [0.2, 0.25) is 0 Å². The summed E-state index contributed by atoms with van der Waals surface area (Å²) in [6, 6.07) is 1.41. The van der Waals surface area contributed by atoms with E-state index in [4.69, 9.17) is 0 Å². The molecule has 0 amide bonds. The normalized spacial score (nSPS) is 21.4. The maximum absolute atomic E-state index is 13.0. The third kappa shape index (κ3) is 1.76. The number of hydrogen-bond donors (Lipinski definition) is 0. The van der Waals surface area contributed by atoms with Crippen molar-refractivity contribution >= 4 is 0 Å². The van der Waals surface area contributed by atoms with Crippen molar-refractivity contribution in [2.75, 3.05) is 0 Å². The van der Waals surface area contributed by atoms with Crippen LogP contribution in [0.1, 0.15) is 16.7 Å². The van der Waals surface area contributed by atoms with Crippen LogP contribution in [0.4, 0.5) is 30.7 Å². The molecule has 1 aliphatic rings. The van der Waals surface area contributed by atoms with E-state index in [-0.39, 0.29) is 0 Å². The summed E-state index contributed by atoms with van der Waals surface area (Å²) >= 11 is 0. The molecular weight excluding hydrogens is 257 g/mol. The van der Waals surface area contributed by atoms with Gasteiger partial charge in [-0.2, -0.15) is 30.7 Å². The highest BCUT2D eigenvalue weighted by molar-refractivity contribution is 5.43. The molecule has 0 N–H and O–H groups in total. The van der Waals surface area contributed by atoms with E-state index >= 15 is 0 Å². The van der Waals surface area contributed by atoms with Gasteiger partial charge in [-0.05, 0) is 12.1 Å². The molecular formula is C9H3F7O. The number of ether oxygens (including phenoxy) is 1. The summed E-state index contributed by atoms with van der Waals surface area (Å²) in [5.74, 6) is 0. The topological polar surface area (TPSA) is 9.23 Å². The molecule has 0 fully saturated rings. The smallest absolute Gasteiger partial charge is 0.247 e. The van der Waals surface area contributed by atoms with Gasteiger partial charge in [0.1, 0.15) is 0 Å². The molecule has 0 atom stereocenters. The quantitative estimate of drug-likeness (QED) is 0.644. The van der Waals surface area contributed by atoms with E-state index in [9.17, 15) is 30.7 Å². The highest BCUT2D eigenvalue weighted by Crippen LogP contribution is 2.54. The van der Waals surface area contributed by atoms with Crippen LogP contribution in [0.5, 0.6) is 0 Å². The fourth-order valence-corrected chi connectivity index (χ4v) is 1.61. The van der Waals surface area contributed by atoms with Crippen molar-refractivity contribution in [3.8, 4) is 0 Å². The first-order valence-corrected chi connectivity index (χ1v) is 4.23. The zero-order chi connectivity index (χ0) is 13.1. The minimum Gasteiger partial charge on any atom is -0.247 e. The molecule has 0 saturated heterocycles. The lowest BCUT2D eigenvalue weighted by Crippen LogP contribution is -2.20. The second-order valence-corrected chi connectivity index (χ2v) is 3.36. The Morgan fingerprint density at radius 2 is 1.53 bits per heavy atom. The average Bonchev–Trinajstić information content (AvgIpc) is 2.31. The summed E-state index contributed by atoms with van der Waals surface area (Å²) < 4.78 is 92.2. The van der Waals surface area contributed by atoms with E-state index in [1.54, 1.807) is 0 Å². The van der Waals surface area contributed by atoms with Crippen LogP contribution in [-0.4, -0.2) is 0 Å². The number of fused-ring (bicyclic) bond motifs is 1. The molecule has 0 bridgehead atoms. The number of hydrogen-bond acceptors (Lipinski definition) is 1. The van der Waals surface area contributed by atoms with Crippen LogP contribution < -0.4 is 0 Å². The van der Waals surface area contributed by atoms with Crippen molar-refractivity contribution in [3.05, 3.63) is 34.9 Å². The van der Waals surface area contributed by atoms with Crippen molar-refractivity contribution in [1.29, 1.82) is 0 Å². The lowest BCUT2D eigenvalue weighted by molar-refractivity contribution is -0.370. The first kappa shape index (κ1) is 12.2. The Bertz CT molecular complexity index is 463. The maximum Gasteiger partial charge on any atom is 0.417 e. The van der Waals surface area contributed by atoms with Crippen LogP contribution in [0.2, 0.25) is 0 Å². The lowest BCUT2D eigenvalue weighted by atomic mass is 10.0. The first-order chi connectivity index (χ1) is 7.56. The highest BCUT2D eigenvalue weighted by atomic mass is 19.4. The van der Waals surface area contributed by atoms with Gasteiger partial charge in [-0.15, -0.1) is 0 Å². The monoisotopic (exact) mass is 260 g/mol. The third-order valence-electron chi connectivity index (χ3n) is 2.23. The second kappa shape index (κ2) is 3.12. The van der Waals surface area contributed by atoms with Gasteiger partial charge in [-0.1, -0.05) is 6.07 Å². The lowest BCUT2D eigenvalue weighted by Gasteiger charge is -2.14.